The lowest BCUT2D eigenvalue weighted by atomic mass is 9.88. The van der Waals surface area contributed by atoms with Crippen molar-refractivity contribution in [1.29, 1.82) is 5.41 Å². The number of nitrogens with two attached hydrogens (primary N) is 1. The van der Waals surface area contributed by atoms with Gasteiger partial charge in [-0.1, -0.05) is 0 Å². The number of ketones is 1. The maximum absolute atomic E-state index is 14.1. The second-order valence-electron chi connectivity index (χ2n) is 10.00. The van der Waals surface area contributed by atoms with Crippen molar-refractivity contribution in [3.63, 3.8) is 0 Å². The smallest absolute Gasteiger partial charge is 0.481 e. The fourth-order valence-electron chi connectivity index (χ4n) is 3.05. The molecule has 0 aliphatic carbocycles. The molecule has 272 valence electrons. The maximum Gasteiger partial charge on any atom is 0.490 e. The number of carboxylic acids is 4. The van der Waals surface area contributed by atoms with Gasteiger partial charge in [-0.15, -0.1) is 11.3 Å². The minimum Gasteiger partial charge on any atom is -0.481 e. The van der Waals surface area contributed by atoms with E-state index in [4.69, 9.17) is 40.8 Å². The summed E-state index contributed by atoms with van der Waals surface area (Å²) >= 11 is 1.08. The van der Waals surface area contributed by atoms with Crippen LogP contribution in [0.2, 0.25) is 0 Å². The summed E-state index contributed by atoms with van der Waals surface area (Å²) in [5.41, 5.74) is 4.35. The zero-order valence-corrected chi connectivity index (χ0v) is 26.1. The van der Waals surface area contributed by atoms with Crippen LogP contribution in [-0.4, -0.2) is 91.7 Å². The number of carbonyl (C=O) groups is 6. The van der Waals surface area contributed by atoms with Crippen LogP contribution < -0.4 is 10.5 Å². The fourth-order valence-corrected chi connectivity index (χ4v) is 3.99. The van der Waals surface area contributed by atoms with E-state index in [1.54, 1.807) is 31.9 Å². The van der Waals surface area contributed by atoms with Crippen molar-refractivity contribution >= 4 is 52.8 Å². The Kier molecular flexibility index (Phi) is 16.0. The number of benzene rings is 1. The van der Waals surface area contributed by atoms with Crippen molar-refractivity contribution in [2.75, 3.05) is 7.05 Å². The Morgan fingerprint density at radius 2 is 1.39 bits per heavy atom. The van der Waals surface area contributed by atoms with Crippen LogP contribution in [0.3, 0.4) is 0 Å². The molecular weight excluding hydrogens is 707 g/mol. The highest BCUT2D eigenvalue weighted by Crippen LogP contribution is 2.27. The molecule has 2 rings (SSSR count). The molecule has 0 spiro atoms. The zero-order chi connectivity index (χ0) is 38.7. The summed E-state index contributed by atoms with van der Waals surface area (Å²) in [4.78, 5) is 67.8. The van der Waals surface area contributed by atoms with Gasteiger partial charge in [0.2, 0.25) is 0 Å². The van der Waals surface area contributed by atoms with Gasteiger partial charge in [-0.25, -0.2) is 18.8 Å². The van der Waals surface area contributed by atoms with Crippen molar-refractivity contribution in [2.45, 2.75) is 51.1 Å². The van der Waals surface area contributed by atoms with Crippen LogP contribution in [0, 0.1) is 17.1 Å². The summed E-state index contributed by atoms with van der Waals surface area (Å²) in [6, 6.07) is 6.70. The number of carboxylic acid groups (broad SMARTS) is 4. The predicted molar refractivity (Wildman–Crippen MR) is 153 cm³/mol. The van der Waals surface area contributed by atoms with Crippen LogP contribution in [0.1, 0.15) is 46.8 Å². The van der Waals surface area contributed by atoms with Crippen LogP contribution in [0.25, 0.3) is 0 Å². The molecule has 0 aliphatic heterocycles. The molecular formula is C27H28F7N3O11S. The molecule has 0 saturated heterocycles. The molecule has 0 radical (unpaired) electrons. The lowest BCUT2D eigenvalue weighted by Gasteiger charge is -2.34. The van der Waals surface area contributed by atoms with Gasteiger partial charge in [-0.2, -0.15) is 26.3 Å². The lowest BCUT2D eigenvalue weighted by Crippen LogP contribution is -2.48. The summed E-state index contributed by atoms with van der Waals surface area (Å²) in [5, 5.41) is 39.7. The number of rotatable bonds is 12. The first-order valence-corrected chi connectivity index (χ1v) is 13.7. The van der Waals surface area contributed by atoms with E-state index >= 15 is 0 Å². The summed E-state index contributed by atoms with van der Waals surface area (Å²) in [7, 11) is 1.65. The van der Waals surface area contributed by atoms with Crippen LogP contribution in [0.15, 0.2) is 30.3 Å². The number of esters is 1. The van der Waals surface area contributed by atoms with E-state index in [9.17, 15) is 55.0 Å². The second-order valence-corrected chi connectivity index (χ2v) is 11.2. The first-order chi connectivity index (χ1) is 22.1. The van der Waals surface area contributed by atoms with Crippen molar-refractivity contribution in [1.82, 2.24) is 4.90 Å². The number of halogens is 7. The summed E-state index contributed by atoms with van der Waals surface area (Å²) in [5.74, 6) is -12.2. The van der Waals surface area contributed by atoms with E-state index in [2.05, 4.69) is 0 Å². The number of nitrogen functional groups attached to an aromatic ring is 1. The first-order valence-electron chi connectivity index (χ1n) is 12.8. The maximum atomic E-state index is 14.1. The van der Waals surface area contributed by atoms with E-state index in [1.165, 1.54) is 18.2 Å². The van der Waals surface area contributed by atoms with Crippen molar-refractivity contribution in [3.8, 4) is 5.75 Å². The number of likely N-dealkylation sites (N-methyl/N-ethyl adjacent to an activating group) is 1. The van der Waals surface area contributed by atoms with Crippen molar-refractivity contribution < 1.29 is 84.7 Å². The first kappa shape index (κ1) is 43.9. The van der Waals surface area contributed by atoms with Gasteiger partial charge in [0, 0.05) is 23.4 Å². The van der Waals surface area contributed by atoms with E-state index < -0.39 is 78.1 Å². The van der Waals surface area contributed by atoms with E-state index in [0.29, 0.717) is 4.88 Å². The molecule has 0 saturated carbocycles. The minimum atomic E-state index is -5.08. The Balaban J connectivity index is 0.00000137. The third-order valence-electron chi connectivity index (χ3n) is 6.03. The number of hydrogen-bond acceptors (Lipinski definition) is 10. The zero-order valence-electron chi connectivity index (χ0n) is 25.3. The third-order valence-corrected chi connectivity index (χ3v) is 7.08. The van der Waals surface area contributed by atoms with Gasteiger partial charge in [0.25, 0.3) is 0 Å². The highest BCUT2D eigenvalue weighted by molar-refractivity contribution is 7.13. The molecule has 22 heteroatoms. The number of nitrogens with zero attached hydrogens (tertiary/aromatic N) is 1. The summed E-state index contributed by atoms with van der Waals surface area (Å²) in [6.07, 6.45) is -11.3. The number of hydrogen-bond donors (Lipinski definition) is 6. The number of ether oxygens (including phenoxy) is 1. The van der Waals surface area contributed by atoms with Gasteiger partial charge in [-0.3, -0.25) is 24.7 Å². The molecule has 1 aromatic heterocycles. The third kappa shape index (κ3) is 15.1. The van der Waals surface area contributed by atoms with Crippen LogP contribution >= 0.6 is 11.3 Å². The quantitative estimate of drug-likeness (QED) is 0.0594. The number of amidine groups is 1. The van der Waals surface area contributed by atoms with Crippen LogP contribution in [0.5, 0.6) is 5.75 Å². The Morgan fingerprint density at radius 1 is 0.898 bits per heavy atom. The highest BCUT2D eigenvalue weighted by atomic mass is 32.1. The summed E-state index contributed by atoms with van der Waals surface area (Å²) < 4.78 is 82.7. The monoisotopic (exact) mass is 735 g/mol. The van der Waals surface area contributed by atoms with Crippen molar-refractivity contribution in [3.05, 3.63) is 51.5 Å². The van der Waals surface area contributed by atoms with Gasteiger partial charge in [-0.05, 0) is 51.2 Å². The molecule has 1 aromatic carbocycles. The number of thiophene rings is 1. The normalized spacial score (nSPS) is 12.0. The molecule has 0 fully saturated rings. The number of aliphatic carboxylic acids is 4. The standard InChI is InChI=1S/C23H26FN3O7S.2C2HF3O2/c1-23(2,18(28)9-13(21(31)32)10-19(29)30)27(3)11-14-5-7-17(35-14)22(33)34-16-6-4-12(20(25)26)8-15(16)24;2*3-2(4,5)1(6)7/h4-8,13H,9-11H2,1-3H3,(H3,25,26)(H,29,30)(H,31,32);2*(H,6,7)/t13-;;/m0../s1. The molecule has 49 heavy (non-hydrogen) atoms. The molecule has 7 N–H and O–H groups in total. The Morgan fingerprint density at radius 3 is 1.78 bits per heavy atom. The van der Waals surface area contributed by atoms with Gasteiger partial charge in [0.05, 0.1) is 17.9 Å². The Bertz CT molecular complexity index is 1530. The Labute approximate surface area is 275 Å². The molecule has 1 heterocycles. The highest BCUT2D eigenvalue weighted by Gasteiger charge is 2.39. The molecule has 0 aliphatic rings. The van der Waals surface area contributed by atoms with Crippen molar-refractivity contribution in [2.24, 2.45) is 11.7 Å². The molecule has 0 amide bonds. The van der Waals surface area contributed by atoms with E-state index in [1.807, 2.05) is 0 Å². The SMILES string of the molecule is CN(Cc1ccc(C(=O)Oc2ccc(C(=N)N)cc2F)s1)C(C)(C)C(=O)C[C@@H](CC(=O)O)C(=O)O.O=C(O)C(F)(F)F.O=C(O)C(F)(F)F. The molecule has 0 bridgehead atoms. The number of Topliss-reactive ketones (excluding diaryl/α,β-unsaturated/α-hetero) is 1. The average Bonchev–Trinajstić information content (AvgIpc) is 3.41. The molecule has 0 unspecified atom stereocenters. The van der Waals surface area contributed by atoms with Crippen LogP contribution in [0.4, 0.5) is 30.7 Å². The topological polar surface area (TPSA) is 246 Å². The van der Waals surface area contributed by atoms with Crippen LogP contribution in [-0.2, 0) is 30.5 Å². The average molecular weight is 736 g/mol. The largest absolute Gasteiger partial charge is 0.490 e. The number of nitrogens with one attached hydrogen (secondary N) is 1. The molecule has 2 aromatic rings. The minimum absolute atomic E-state index is 0.151. The second kappa shape index (κ2) is 17.9. The lowest BCUT2D eigenvalue weighted by molar-refractivity contribution is -0.193. The number of alkyl halides is 6. The fraction of sp³-hybridized carbons (Fsp3) is 0.370. The summed E-state index contributed by atoms with van der Waals surface area (Å²) in [6.45, 7) is 3.44. The Hall–Kier alpha value is -5.12. The number of carbonyl (C=O) groups excluding carboxylic acids is 2. The van der Waals surface area contributed by atoms with Gasteiger partial charge >= 0.3 is 42.2 Å². The van der Waals surface area contributed by atoms with Gasteiger partial charge in [0.15, 0.2) is 17.3 Å². The van der Waals surface area contributed by atoms with E-state index in [0.717, 1.165) is 17.4 Å². The van der Waals surface area contributed by atoms with Gasteiger partial charge in [0.1, 0.15) is 10.7 Å². The molecule has 1 atom stereocenters. The predicted octanol–water partition coefficient (Wildman–Crippen LogP) is 4.00. The molecule has 14 nitrogen and oxygen atoms in total. The van der Waals surface area contributed by atoms with E-state index in [-0.39, 0.29) is 28.6 Å². The van der Waals surface area contributed by atoms with Gasteiger partial charge < -0.3 is 30.9 Å².